The molecule has 1 aliphatic carbocycles. The van der Waals surface area contributed by atoms with Crippen molar-refractivity contribution in [2.75, 3.05) is 6.54 Å². The highest BCUT2D eigenvalue weighted by Crippen LogP contribution is 2.49. The Morgan fingerprint density at radius 3 is 2.68 bits per heavy atom. The smallest absolute Gasteiger partial charge is 0.252 e. The van der Waals surface area contributed by atoms with Gasteiger partial charge in [0.15, 0.2) is 0 Å². The molecule has 4 heteroatoms. The van der Waals surface area contributed by atoms with Crippen molar-refractivity contribution in [2.24, 2.45) is 0 Å². The number of halogens is 1. The predicted molar refractivity (Wildman–Crippen MR) is 79.0 cm³/mol. The van der Waals surface area contributed by atoms with Crippen LogP contribution in [0.25, 0.3) is 0 Å². The summed E-state index contributed by atoms with van der Waals surface area (Å²) in [5, 5.41) is 5.60. The van der Waals surface area contributed by atoms with Crippen LogP contribution in [0.1, 0.15) is 28.1 Å². The van der Waals surface area contributed by atoms with Crippen LogP contribution < -0.4 is 5.32 Å². The van der Waals surface area contributed by atoms with Gasteiger partial charge < -0.3 is 5.32 Å². The van der Waals surface area contributed by atoms with Crippen LogP contribution in [0.15, 0.2) is 41.8 Å². The van der Waals surface area contributed by atoms with Gasteiger partial charge in [0.2, 0.25) is 0 Å². The molecule has 0 radical (unpaired) electrons. The maximum Gasteiger partial charge on any atom is 0.252 e. The molecule has 3 rings (SSSR count). The Morgan fingerprint density at radius 1 is 1.26 bits per heavy atom. The van der Waals surface area contributed by atoms with E-state index in [1.165, 1.54) is 4.88 Å². The SMILES string of the molecule is O=C(NCC1(c2cccs2)CC1)c1ccccc1Cl. The second-order valence-corrected chi connectivity index (χ2v) is 6.28. The van der Waals surface area contributed by atoms with Crippen LogP contribution in [0.2, 0.25) is 5.02 Å². The summed E-state index contributed by atoms with van der Waals surface area (Å²) in [4.78, 5) is 13.5. The predicted octanol–water partition coefficient (Wildman–Crippen LogP) is 3.86. The molecule has 1 N–H and O–H groups in total. The zero-order chi connectivity index (χ0) is 13.3. The zero-order valence-electron chi connectivity index (χ0n) is 10.4. The first-order valence-electron chi connectivity index (χ1n) is 6.28. The second kappa shape index (κ2) is 4.99. The van der Waals surface area contributed by atoms with Crippen molar-refractivity contribution in [1.29, 1.82) is 0 Å². The van der Waals surface area contributed by atoms with Gasteiger partial charge in [0.05, 0.1) is 10.6 Å². The van der Waals surface area contributed by atoms with E-state index in [9.17, 15) is 4.79 Å². The van der Waals surface area contributed by atoms with Gasteiger partial charge in [0.25, 0.3) is 5.91 Å². The highest BCUT2D eigenvalue weighted by Gasteiger charge is 2.45. The summed E-state index contributed by atoms with van der Waals surface area (Å²) in [7, 11) is 0. The Kier molecular flexibility index (Phi) is 3.33. The summed E-state index contributed by atoms with van der Waals surface area (Å²) in [6.45, 7) is 0.692. The summed E-state index contributed by atoms with van der Waals surface area (Å²) < 4.78 is 0. The molecule has 0 saturated heterocycles. The molecule has 1 aromatic carbocycles. The van der Waals surface area contributed by atoms with Crippen molar-refractivity contribution in [3.8, 4) is 0 Å². The third kappa shape index (κ3) is 2.53. The molecule has 1 aromatic heterocycles. The maximum atomic E-state index is 12.1. The monoisotopic (exact) mass is 291 g/mol. The minimum Gasteiger partial charge on any atom is -0.351 e. The molecule has 19 heavy (non-hydrogen) atoms. The molecular formula is C15H14ClNOS. The van der Waals surface area contributed by atoms with E-state index >= 15 is 0 Å². The molecule has 1 amide bonds. The average Bonchev–Trinajstić information content (AvgIpc) is 3.00. The lowest BCUT2D eigenvalue weighted by Crippen LogP contribution is -2.32. The van der Waals surface area contributed by atoms with E-state index in [2.05, 4.69) is 22.8 Å². The number of rotatable bonds is 4. The van der Waals surface area contributed by atoms with E-state index in [1.54, 1.807) is 23.5 Å². The summed E-state index contributed by atoms with van der Waals surface area (Å²) in [5.41, 5.74) is 0.719. The molecule has 1 saturated carbocycles. The molecule has 1 fully saturated rings. The Labute approximate surface area is 121 Å². The molecular weight excluding hydrogens is 278 g/mol. The molecule has 0 aliphatic heterocycles. The number of amides is 1. The minimum absolute atomic E-state index is 0.0894. The quantitative estimate of drug-likeness (QED) is 0.910. The fraction of sp³-hybridized carbons (Fsp3) is 0.267. The third-order valence-electron chi connectivity index (χ3n) is 3.60. The largest absolute Gasteiger partial charge is 0.351 e. The van der Waals surface area contributed by atoms with E-state index in [0.717, 1.165) is 12.8 Å². The topological polar surface area (TPSA) is 29.1 Å². The van der Waals surface area contributed by atoms with E-state index in [0.29, 0.717) is 17.1 Å². The van der Waals surface area contributed by atoms with Gasteiger partial charge in [-0.3, -0.25) is 4.79 Å². The number of carbonyl (C=O) groups excluding carboxylic acids is 1. The summed E-state index contributed by atoms with van der Waals surface area (Å²) in [6, 6.07) is 11.4. The molecule has 0 atom stereocenters. The van der Waals surface area contributed by atoms with Gasteiger partial charge >= 0.3 is 0 Å². The van der Waals surface area contributed by atoms with Crippen LogP contribution in [0, 0.1) is 0 Å². The van der Waals surface area contributed by atoms with Gasteiger partial charge in [-0.05, 0) is 36.4 Å². The molecule has 1 heterocycles. The van der Waals surface area contributed by atoms with Crippen LogP contribution in [-0.2, 0) is 5.41 Å². The van der Waals surface area contributed by atoms with Gasteiger partial charge in [0.1, 0.15) is 0 Å². The number of hydrogen-bond donors (Lipinski definition) is 1. The van der Waals surface area contributed by atoms with Crippen molar-refractivity contribution >= 4 is 28.8 Å². The molecule has 0 bridgehead atoms. The summed E-state index contributed by atoms with van der Waals surface area (Å²) in [5.74, 6) is -0.0894. The summed E-state index contributed by atoms with van der Waals surface area (Å²) in [6.07, 6.45) is 2.30. The van der Waals surface area contributed by atoms with Crippen LogP contribution in [0.5, 0.6) is 0 Å². The molecule has 2 aromatic rings. The van der Waals surface area contributed by atoms with Gasteiger partial charge in [0, 0.05) is 16.8 Å². The molecule has 2 nitrogen and oxygen atoms in total. The van der Waals surface area contributed by atoms with Crippen molar-refractivity contribution in [1.82, 2.24) is 5.32 Å². The first-order chi connectivity index (χ1) is 9.21. The van der Waals surface area contributed by atoms with Crippen molar-refractivity contribution in [2.45, 2.75) is 18.3 Å². The van der Waals surface area contributed by atoms with E-state index in [4.69, 9.17) is 11.6 Å². The van der Waals surface area contributed by atoms with Crippen LogP contribution in [-0.4, -0.2) is 12.5 Å². The average molecular weight is 292 g/mol. The van der Waals surface area contributed by atoms with Gasteiger partial charge in [-0.2, -0.15) is 0 Å². The Bertz CT molecular complexity index is 590. The highest BCUT2D eigenvalue weighted by molar-refractivity contribution is 7.10. The lowest BCUT2D eigenvalue weighted by atomic mass is 10.1. The fourth-order valence-electron chi connectivity index (χ4n) is 2.23. The molecule has 1 aliphatic rings. The van der Waals surface area contributed by atoms with Crippen LogP contribution in [0.4, 0.5) is 0 Å². The van der Waals surface area contributed by atoms with Crippen molar-refractivity contribution in [3.63, 3.8) is 0 Å². The number of benzene rings is 1. The van der Waals surface area contributed by atoms with E-state index < -0.39 is 0 Å². The Balaban J connectivity index is 1.68. The van der Waals surface area contributed by atoms with Crippen LogP contribution in [0.3, 0.4) is 0 Å². The third-order valence-corrected chi connectivity index (χ3v) is 5.05. The second-order valence-electron chi connectivity index (χ2n) is 4.92. The fourth-order valence-corrected chi connectivity index (χ4v) is 3.44. The lowest BCUT2D eigenvalue weighted by Gasteiger charge is -2.14. The standard InChI is InChI=1S/C15H14ClNOS/c16-12-5-2-1-4-11(12)14(18)17-10-15(7-8-15)13-6-3-9-19-13/h1-6,9H,7-8,10H2,(H,17,18). The Morgan fingerprint density at radius 2 is 2.05 bits per heavy atom. The molecule has 98 valence electrons. The molecule has 0 unspecified atom stereocenters. The van der Waals surface area contributed by atoms with E-state index in [-0.39, 0.29) is 11.3 Å². The van der Waals surface area contributed by atoms with E-state index in [1.807, 2.05) is 12.1 Å². The van der Waals surface area contributed by atoms with Crippen molar-refractivity contribution in [3.05, 3.63) is 57.2 Å². The lowest BCUT2D eigenvalue weighted by molar-refractivity contribution is 0.0950. The normalized spacial score (nSPS) is 16.1. The first kappa shape index (κ1) is 12.7. The molecule has 0 spiro atoms. The highest BCUT2D eigenvalue weighted by atomic mass is 35.5. The number of thiophene rings is 1. The van der Waals surface area contributed by atoms with Crippen molar-refractivity contribution < 1.29 is 4.79 Å². The first-order valence-corrected chi connectivity index (χ1v) is 7.54. The number of carbonyl (C=O) groups is 1. The Hall–Kier alpha value is -1.32. The van der Waals surface area contributed by atoms with Crippen LogP contribution >= 0.6 is 22.9 Å². The van der Waals surface area contributed by atoms with Gasteiger partial charge in [-0.15, -0.1) is 11.3 Å². The van der Waals surface area contributed by atoms with Gasteiger partial charge in [-0.25, -0.2) is 0 Å². The zero-order valence-corrected chi connectivity index (χ0v) is 11.9. The van der Waals surface area contributed by atoms with Gasteiger partial charge in [-0.1, -0.05) is 29.8 Å². The maximum absolute atomic E-state index is 12.1. The summed E-state index contributed by atoms with van der Waals surface area (Å²) >= 11 is 7.79. The minimum atomic E-state index is -0.0894. The number of hydrogen-bond acceptors (Lipinski definition) is 2. The number of nitrogens with one attached hydrogen (secondary N) is 1.